The molecule has 1 atom stereocenters. The summed E-state index contributed by atoms with van der Waals surface area (Å²) < 4.78 is 16.5. The van der Waals surface area contributed by atoms with E-state index in [0.29, 0.717) is 19.8 Å². The summed E-state index contributed by atoms with van der Waals surface area (Å²) in [6.45, 7) is 7.26. The standard InChI is InChI=1S/C16H26O4/c1-4-18-16(19-5-2)12-20-15-10-8-14(9-11-15)7-6-13(3)17/h8-11,13,16-17H,4-7,12H2,1-3H3. The Bertz CT molecular complexity index is 342. The smallest absolute Gasteiger partial charge is 0.191 e. The van der Waals surface area contributed by atoms with Crippen LogP contribution in [0.1, 0.15) is 32.8 Å². The molecule has 1 N–H and O–H groups in total. The molecular weight excluding hydrogens is 256 g/mol. The zero-order valence-corrected chi connectivity index (χ0v) is 12.7. The molecule has 1 unspecified atom stereocenters. The van der Waals surface area contributed by atoms with E-state index >= 15 is 0 Å². The molecule has 4 nitrogen and oxygen atoms in total. The van der Waals surface area contributed by atoms with Crippen molar-refractivity contribution in [2.75, 3.05) is 19.8 Å². The van der Waals surface area contributed by atoms with Crippen LogP contribution in [0.5, 0.6) is 5.75 Å². The van der Waals surface area contributed by atoms with Crippen LogP contribution in [0.3, 0.4) is 0 Å². The highest BCUT2D eigenvalue weighted by Gasteiger charge is 2.08. The molecule has 0 aliphatic rings. The number of hydrogen-bond acceptors (Lipinski definition) is 4. The Kier molecular flexibility index (Phi) is 8.26. The van der Waals surface area contributed by atoms with Gasteiger partial charge >= 0.3 is 0 Å². The first-order chi connectivity index (χ1) is 9.65. The molecule has 0 bridgehead atoms. The Balaban J connectivity index is 2.40. The monoisotopic (exact) mass is 282 g/mol. The van der Waals surface area contributed by atoms with E-state index in [0.717, 1.165) is 18.6 Å². The molecule has 0 radical (unpaired) electrons. The third-order valence-electron chi connectivity index (χ3n) is 2.87. The van der Waals surface area contributed by atoms with Gasteiger partial charge in [0.25, 0.3) is 0 Å². The van der Waals surface area contributed by atoms with Gasteiger partial charge in [-0.2, -0.15) is 0 Å². The molecule has 0 saturated carbocycles. The first kappa shape index (κ1) is 17.0. The second-order valence-corrected chi connectivity index (χ2v) is 4.68. The Morgan fingerprint density at radius 2 is 1.65 bits per heavy atom. The predicted molar refractivity (Wildman–Crippen MR) is 79.0 cm³/mol. The number of ether oxygens (including phenoxy) is 3. The van der Waals surface area contributed by atoms with Crippen LogP contribution in [0, 0.1) is 0 Å². The van der Waals surface area contributed by atoms with Gasteiger partial charge < -0.3 is 19.3 Å². The Hall–Kier alpha value is -1.10. The molecule has 1 aromatic rings. The molecule has 0 heterocycles. The van der Waals surface area contributed by atoms with Crippen molar-refractivity contribution in [3.63, 3.8) is 0 Å². The lowest BCUT2D eigenvalue weighted by molar-refractivity contribution is -0.152. The van der Waals surface area contributed by atoms with E-state index < -0.39 is 0 Å². The second-order valence-electron chi connectivity index (χ2n) is 4.68. The fourth-order valence-electron chi connectivity index (χ4n) is 1.81. The van der Waals surface area contributed by atoms with Crippen LogP contribution in [0.25, 0.3) is 0 Å². The number of aliphatic hydroxyl groups excluding tert-OH is 1. The first-order valence-corrected chi connectivity index (χ1v) is 7.28. The van der Waals surface area contributed by atoms with Crippen molar-refractivity contribution in [3.8, 4) is 5.75 Å². The highest BCUT2D eigenvalue weighted by molar-refractivity contribution is 5.27. The molecular formula is C16H26O4. The van der Waals surface area contributed by atoms with Gasteiger partial charge in [-0.3, -0.25) is 0 Å². The van der Waals surface area contributed by atoms with Gasteiger partial charge in [0.1, 0.15) is 12.4 Å². The van der Waals surface area contributed by atoms with E-state index in [1.54, 1.807) is 6.92 Å². The van der Waals surface area contributed by atoms with Crippen molar-refractivity contribution in [1.82, 2.24) is 0 Å². The highest BCUT2D eigenvalue weighted by Crippen LogP contribution is 2.14. The number of aliphatic hydroxyl groups is 1. The first-order valence-electron chi connectivity index (χ1n) is 7.28. The Labute approximate surface area is 121 Å². The molecule has 1 aromatic carbocycles. The molecule has 4 heteroatoms. The fraction of sp³-hybridized carbons (Fsp3) is 0.625. The van der Waals surface area contributed by atoms with Gasteiger partial charge in [-0.1, -0.05) is 12.1 Å². The Morgan fingerprint density at radius 1 is 1.05 bits per heavy atom. The summed E-state index contributed by atoms with van der Waals surface area (Å²) in [6, 6.07) is 7.92. The van der Waals surface area contributed by atoms with Crippen LogP contribution >= 0.6 is 0 Å². The minimum Gasteiger partial charge on any atom is -0.488 e. The molecule has 0 aromatic heterocycles. The second kappa shape index (κ2) is 9.75. The lowest BCUT2D eigenvalue weighted by atomic mass is 10.1. The Morgan fingerprint density at radius 3 is 2.15 bits per heavy atom. The fourth-order valence-corrected chi connectivity index (χ4v) is 1.81. The van der Waals surface area contributed by atoms with Crippen molar-refractivity contribution in [2.45, 2.75) is 46.0 Å². The van der Waals surface area contributed by atoms with Gasteiger partial charge in [0.15, 0.2) is 6.29 Å². The number of hydrogen-bond donors (Lipinski definition) is 1. The third kappa shape index (κ3) is 6.89. The molecule has 0 amide bonds. The van der Waals surface area contributed by atoms with Crippen LogP contribution in [-0.2, 0) is 15.9 Å². The molecule has 20 heavy (non-hydrogen) atoms. The lowest BCUT2D eigenvalue weighted by Gasteiger charge is -2.17. The number of rotatable bonds is 10. The van der Waals surface area contributed by atoms with E-state index in [4.69, 9.17) is 14.2 Å². The summed E-state index contributed by atoms with van der Waals surface area (Å²) in [4.78, 5) is 0. The van der Waals surface area contributed by atoms with E-state index in [9.17, 15) is 5.11 Å². The summed E-state index contributed by atoms with van der Waals surface area (Å²) in [5.41, 5.74) is 1.20. The van der Waals surface area contributed by atoms with Gasteiger partial charge in [-0.05, 0) is 51.3 Å². The summed E-state index contributed by atoms with van der Waals surface area (Å²) in [6.07, 6.45) is 1.07. The van der Waals surface area contributed by atoms with E-state index in [1.807, 2.05) is 38.1 Å². The van der Waals surface area contributed by atoms with Crippen LogP contribution in [-0.4, -0.2) is 37.3 Å². The average molecular weight is 282 g/mol. The molecule has 0 aliphatic heterocycles. The van der Waals surface area contributed by atoms with Gasteiger partial charge in [-0.25, -0.2) is 0 Å². The summed E-state index contributed by atoms with van der Waals surface area (Å²) in [5.74, 6) is 0.801. The van der Waals surface area contributed by atoms with Crippen molar-refractivity contribution < 1.29 is 19.3 Å². The van der Waals surface area contributed by atoms with E-state index in [1.165, 1.54) is 5.56 Å². The van der Waals surface area contributed by atoms with Crippen molar-refractivity contribution >= 4 is 0 Å². The zero-order chi connectivity index (χ0) is 14.8. The molecule has 1 rings (SSSR count). The minimum atomic E-state index is -0.320. The number of benzene rings is 1. The maximum atomic E-state index is 9.26. The molecule has 0 saturated heterocycles. The minimum absolute atomic E-state index is 0.260. The number of aryl methyl sites for hydroxylation is 1. The summed E-state index contributed by atoms with van der Waals surface area (Å²) >= 11 is 0. The SMILES string of the molecule is CCOC(COc1ccc(CCC(C)O)cc1)OCC. The lowest BCUT2D eigenvalue weighted by Crippen LogP contribution is -2.25. The maximum absolute atomic E-state index is 9.26. The maximum Gasteiger partial charge on any atom is 0.191 e. The molecule has 0 aliphatic carbocycles. The molecule has 114 valence electrons. The quantitative estimate of drug-likeness (QED) is 0.670. The van der Waals surface area contributed by atoms with Crippen molar-refractivity contribution in [2.24, 2.45) is 0 Å². The van der Waals surface area contributed by atoms with Crippen LogP contribution < -0.4 is 4.74 Å². The molecule has 0 fully saturated rings. The molecule has 0 spiro atoms. The van der Waals surface area contributed by atoms with Gasteiger partial charge in [0.2, 0.25) is 0 Å². The normalized spacial score (nSPS) is 12.7. The van der Waals surface area contributed by atoms with E-state index in [2.05, 4.69) is 0 Å². The predicted octanol–water partition coefficient (Wildman–Crippen LogP) is 2.78. The van der Waals surface area contributed by atoms with Gasteiger partial charge in [-0.15, -0.1) is 0 Å². The average Bonchev–Trinajstić information content (AvgIpc) is 2.44. The van der Waals surface area contributed by atoms with Gasteiger partial charge in [0, 0.05) is 13.2 Å². The third-order valence-corrected chi connectivity index (χ3v) is 2.87. The summed E-state index contributed by atoms with van der Waals surface area (Å²) in [5, 5.41) is 9.26. The summed E-state index contributed by atoms with van der Waals surface area (Å²) in [7, 11) is 0. The van der Waals surface area contributed by atoms with Crippen molar-refractivity contribution in [3.05, 3.63) is 29.8 Å². The topological polar surface area (TPSA) is 47.9 Å². The van der Waals surface area contributed by atoms with Crippen LogP contribution in [0.2, 0.25) is 0 Å². The highest BCUT2D eigenvalue weighted by atomic mass is 16.7. The van der Waals surface area contributed by atoms with Crippen molar-refractivity contribution in [1.29, 1.82) is 0 Å². The van der Waals surface area contributed by atoms with Gasteiger partial charge in [0.05, 0.1) is 6.10 Å². The zero-order valence-electron chi connectivity index (χ0n) is 12.7. The van der Waals surface area contributed by atoms with E-state index in [-0.39, 0.29) is 12.4 Å². The van der Waals surface area contributed by atoms with Crippen LogP contribution in [0.15, 0.2) is 24.3 Å². The largest absolute Gasteiger partial charge is 0.488 e. The van der Waals surface area contributed by atoms with Crippen LogP contribution in [0.4, 0.5) is 0 Å².